The van der Waals surface area contributed by atoms with Crippen molar-refractivity contribution in [2.75, 3.05) is 0 Å². The minimum atomic E-state index is -1.16. The Morgan fingerprint density at radius 1 is 1.06 bits per heavy atom. The van der Waals surface area contributed by atoms with Gasteiger partial charge in [0.05, 0.1) is 11.8 Å². The maximum Gasteiger partial charge on any atom is 0.329 e. The molecule has 178 valence electrons. The van der Waals surface area contributed by atoms with E-state index in [4.69, 9.17) is 4.74 Å². The number of benzene rings is 2. The van der Waals surface area contributed by atoms with E-state index in [1.807, 2.05) is 54.7 Å². The number of aliphatic carboxylic acids is 1. The number of amides is 1. The van der Waals surface area contributed by atoms with E-state index >= 15 is 0 Å². The van der Waals surface area contributed by atoms with E-state index in [9.17, 15) is 19.5 Å². The fourth-order valence-corrected chi connectivity index (χ4v) is 4.75. The molecule has 0 saturated carbocycles. The Hall–Kier alpha value is -3.61. The minimum absolute atomic E-state index is 0.223. The molecule has 0 aliphatic heterocycles. The van der Waals surface area contributed by atoms with Gasteiger partial charge in [-0.05, 0) is 56.4 Å². The number of hydrogen-bond donors (Lipinski definition) is 3. The SMILES string of the molecule is CC(C)(C)OC(=O)[C@H](Cc1c[nH]c2ccccc12)NC(=O)C1(CC(=O)O)Cc2ccccc2C1. The van der Waals surface area contributed by atoms with Crippen LogP contribution in [-0.2, 0) is 38.4 Å². The molecule has 2 aromatic carbocycles. The van der Waals surface area contributed by atoms with Gasteiger partial charge in [-0.3, -0.25) is 9.59 Å². The van der Waals surface area contributed by atoms with Crippen molar-refractivity contribution in [2.24, 2.45) is 5.41 Å². The molecule has 3 N–H and O–H groups in total. The summed E-state index contributed by atoms with van der Waals surface area (Å²) in [6, 6.07) is 14.4. The molecule has 0 spiro atoms. The first-order chi connectivity index (χ1) is 16.1. The Balaban J connectivity index is 1.63. The largest absolute Gasteiger partial charge is 0.481 e. The first-order valence-electron chi connectivity index (χ1n) is 11.4. The van der Waals surface area contributed by atoms with E-state index in [0.717, 1.165) is 27.6 Å². The zero-order valence-electron chi connectivity index (χ0n) is 19.7. The van der Waals surface area contributed by atoms with E-state index in [1.54, 1.807) is 20.8 Å². The standard InChI is InChI=1S/C27H30N2O5/c1-26(2,3)34-24(32)22(12-19-16-28-21-11-7-6-10-20(19)21)29-25(33)27(15-23(30)31)13-17-8-4-5-9-18(17)14-27/h4-11,16,22,28H,12-15H2,1-3H3,(H,29,33)(H,30,31)/t22-/m0/s1. The lowest BCUT2D eigenvalue weighted by molar-refractivity contribution is -0.159. The van der Waals surface area contributed by atoms with Gasteiger partial charge in [0, 0.05) is 23.5 Å². The van der Waals surface area contributed by atoms with Crippen LogP contribution in [0.2, 0.25) is 0 Å². The van der Waals surface area contributed by atoms with Crippen LogP contribution in [0.3, 0.4) is 0 Å². The van der Waals surface area contributed by atoms with Crippen molar-refractivity contribution in [3.05, 3.63) is 71.4 Å². The average molecular weight is 463 g/mol. The number of carbonyl (C=O) groups excluding carboxylic acids is 2. The van der Waals surface area contributed by atoms with Crippen LogP contribution in [0.4, 0.5) is 0 Å². The van der Waals surface area contributed by atoms with E-state index < -0.39 is 34.9 Å². The molecule has 1 atom stereocenters. The van der Waals surface area contributed by atoms with Gasteiger partial charge in [0.25, 0.3) is 0 Å². The average Bonchev–Trinajstić information content (AvgIpc) is 3.33. The van der Waals surface area contributed by atoms with E-state index in [2.05, 4.69) is 10.3 Å². The number of hydrogen-bond acceptors (Lipinski definition) is 4. The Morgan fingerprint density at radius 3 is 2.29 bits per heavy atom. The van der Waals surface area contributed by atoms with Gasteiger partial charge >= 0.3 is 11.9 Å². The molecule has 1 amide bonds. The molecule has 0 bridgehead atoms. The minimum Gasteiger partial charge on any atom is -0.481 e. The predicted octanol–water partition coefficient (Wildman–Crippen LogP) is 3.80. The molecular formula is C27H30N2O5. The van der Waals surface area contributed by atoms with Crippen molar-refractivity contribution in [1.29, 1.82) is 0 Å². The number of H-pyrrole nitrogens is 1. The zero-order valence-corrected chi connectivity index (χ0v) is 19.7. The number of fused-ring (bicyclic) bond motifs is 2. The summed E-state index contributed by atoms with van der Waals surface area (Å²) in [6.07, 6.45) is 2.36. The number of ether oxygens (including phenoxy) is 1. The summed E-state index contributed by atoms with van der Waals surface area (Å²) in [7, 11) is 0. The Kier molecular flexibility index (Phi) is 6.21. The molecule has 1 aromatic heterocycles. The van der Waals surface area contributed by atoms with Crippen molar-refractivity contribution in [1.82, 2.24) is 10.3 Å². The van der Waals surface area contributed by atoms with Crippen LogP contribution < -0.4 is 5.32 Å². The van der Waals surface area contributed by atoms with Gasteiger partial charge in [-0.1, -0.05) is 42.5 Å². The van der Waals surface area contributed by atoms with Gasteiger partial charge in [0.1, 0.15) is 11.6 Å². The van der Waals surface area contributed by atoms with Crippen molar-refractivity contribution in [2.45, 2.75) is 58.1 Å². The number of aromatic nitrogens is 1. The van der Waals surface area contributed by atoms with Gasteiger partial charge in [0.15, 0.2) is 0 Å². The first-order valence-corrected chi connectivity index (χ1v) is 11.4. The molecule has 3 aromatic rings. The molecular weight excluding hydrogens is 432 g/mol. The third-order valence-electron chi connectivity index (χ3n) is 6.24. The van der Waals surface area contributed by atoms with Crippen LogP contribution in [0.5, 0.6) is 0 Å². The Bertz CT molecular complexity index is 1210. The van der Waals surface area contributed by atoms with Crippen molar-refractivity contribution in [3.63, 3.8) is 0 Å². The summed E-state index contributed by atoms with van der Waals surface area (Å²) in [5.41, 5.74) is 1.83. The van der Waals surface area contributed by atoms with E-state index in [-0.39, 0.29) is 12.8 Å². The smallest absolute Gasteiger partial charge is 0.329 e. The number of para-hydroxylation sites is 1. The van der Waals surface area contributed by atoms with E-state index in [1.165, 1.54) is 0 Å². The Labute approximate surface area is 198 Å². The maximum absolute atomic E-state index is 13.7. The monoisotopic (exact) mass is 462 g/mol. The second kappa shape index (κ2) is 8.97. The fourth-order valence-electron chi connectivity index (χ4n) is 4.75. The number of aromatic amines is 1. The number of carboxylic acid groups (broad SMARTS) is 1. The topological polar surface area (TPSA) is 108 Å². The molecule has 4 rings (SSSR count). The maximum atomic E-state index is 13.7. The van der Waals surface area contributed by atoms with Gasteiger partial charge < -0.3 is 20.1 Å². The lowest BCUT2D eigenvalue weighted by Crippen LogP contribution is -2.52. The second-order valence-corrected chi connectivity index (χ2v) is 10.1. The number of carboxylic acids is 1. The normalized spacial score (nSPS) is 15.5. The lowest BCUT2D eigenvalue weighted by atomic mass is 9.80. The molecule has 0 fully saturated rings. The number of esters is 1. The lowest BCUT2D eigenvalue weighted by Gasteiger charge is -2.30. The summed E-state index contributed by atoms with van der Waals surface area (Å²) in [4.78, 5) is 41.7. The highest BCUT2D eigenvalue weighted by Gasteiger charge is 2.46. The number of rotatable bonds is 7. The van der Waals surface area contributed by atoms with E-state index in [0.29, 0.717) is 12.8 Å². The van der Waals surface area contributed by atoms with Crippen LogP contribution >= 0.6 is 0 Å². The van der Waals surface area contributed by atoms with Crippen LogP contribution in [0.25, 0.3) is 10.9 Å². The summed E-state index contributed by atoms with van der Waals surface area (Å²) in [5.74, 6) is -2.04. The quantitative estimate of drug-likeness (QED) is 0.463. The number of nitrogens with one attached hydrogen (secondary N) is 2. The predicted molar refractivity (Wildman–Crippen MR) is 128 cm³/mol. The van der Waals surface area contributed by atoms with Crippen molar-refractivity contribution in [3.8, 4) is 0 Å². The van der Waals surface area contributed by atoms with Gasteiger partial charge in [0.2, 0.25) is 5.91 Å². The van der Waals surface area contributed by atoms with Crippen molar-refractivity contribution >= 4 is 28.7 Å². The molecule has 7 heteroatoms. The van der Waals surface area contributed by atoms with Gasteiger partial charge in [-0.25, -0.2) is 4.79 Å². The second-order valence-electron chi connectivity index (χ2n) is 10.1. The summed E-state index contributed by atoms with van der Waals surface area (Å²) in [5, 5.41) is 13.4. The third kappa shape index (κ3) is 4.98. The van der Waals surface area contributed by atoms with Crippen LogP contribution in [0, 0.1) is 5.41 Å². The summed E-state index contributed by atoms with van der Waals surface area (Å²) in [6.45, 7) is 5.32. The zero-order chi connectivity index (χ0) is 24.5. The third-order valence-corrected chi connectivity index (χ3v) is 6.24. The first kappa shape index (κ1) is 23.5. The molecule has 1 heterocycles. The molecule has 0 saturated heterocycles. The van der Waals surface area contributed by atoms with Gasteiger partial charge in [-0.15, -0.1) is 0 Å². The summed E-state index contributed by atoms with van der Waals surface area (Å²) >= 11 is 0. The van der Waals surface area contributed by atoms with Crippen LogP contribution in [0.15, 0.2) is 54.7 Å². The number of carbonyl (C=O) groups is 3. The van der Waals surface area contributed by atoms with Crippen molar-refractivity contribution < 1.29 is 24.2 Å². The highest BCUT2D eigenvalue weighted by molar-refractivity contribution is 5.92. The molecule has 0 unspecified atom stereocenters. The molecule has 7 nitrogen and oxygen atoms in total. The highest BCUT2D eigenvalue weighted by Crippen LogP contribution is 2.40. The molecule has 1 aliphatic carbocycles. The van der Waals surface area contributed by atoms with Crippen LogP contribution in [-0.4, -0.2) is 39.6 Å². The molecule has 0 radical (unpaired) electrons. The van der Waals surface area contributed by atoms with Crippen LogP contribution in [0.1, 0.15) is 43.9 Å². The highest BCUT2D eigenvalue weighted by atomic mass is 16.6. The van der Waals surface area contributed by atoms with Gasteiger partial charge in [-0.2, -0.15) is 0 Å². The molecule has 34 heavy (non-hydrogen) atoms. The fraction of sp³-hybridized carbons (Fsp3) is 0.370. The Morgan fingerprint density at radius 2 is 1.68 bits per heavy atom. The summed E-state index contributed by atoms with van der Waals surface area (Å²) < 4.78 is 5.62. The molecule has 1 aliphatic rings.